The molecule has 1 rings (SSSR count). The van der Waals surface area contributed by atoms with Crippen LogP contribution in [-0.2, 0) is 4.79 Å². The molecule has 1 unspecified atom stereocenters. The molecule has 0 aromatic carbocycles. The summed E-state index contributed by atoms with van der Waals surface area (Å²) < 4.78 is 0. The molecule has 2 heteroatoms. The zero-order valence-corrected chi connectivity index (χ0v) is 8.88. The highest BCUT2D eigenvalue weighted by Gasteiger charge is 2.25. The predicted octanol–water partition coefficient (Wildman–Crippen LogP) is 2.09. The second kappa shape index (κ2) is 4.75. The number of carbonyl (C=O) groups excluding carboxylic acids is 1. The molecular weight excluding hydrogens is 162 g/mol. The average molecular weight is 183 g/mol. The van der Waals surface area contributed by atoms with E-state index in [0.29, 0.717) is 0 Å². The molecule has 1 saturated heterocycles. The van der Waals surface area contributed by atoms with Crippen molar-refractivity contribution in [2.75, 3.05) is 19.6 Å². The van der Waals surface area contributed by atoms with Crippen molar-refractivity contribution >= 4 is 6.29 Å². The molecule has 0 amide bonds. The molecule has 13 heavy (non-hydrogen) atoms. The molecule has 1 atom stereocenters. The first-order chi connectivity index (χ1) is 6.20. The van der Waals surface area contributed by atoms with Crippen molar-refractivity contribution < 1.29 is 4.79 Å². The second-order valence-electron chi connectivity index (χ2n) is 4.46. The fourth-order valence-corrected chi connectivity index (χ4v) is 1.86. The molecule has 2 nitrogen and oxygen atoms in total. The third-order valence-corrected chi connectivity index (χ3v) is 3.13. The standard InChI is InChI=1S/C11H21NO/c1-3-11(2,10-13)9-12-7-5-4-6-8-12/h10H,3-9H2,1-2H3. The minimum Gasteiger partial charge on any atom is -0.303 e. The zero-order valence-electron chi connectivity index (χ0n) is 8.88. The summed E-state index contributed by atoms with van der Waals surface area (Å²) in [6.07, 6.45) is 6.05. The van der Waals surface area contributed by atoms with Crippen molar-refractivity contribution in [2.45, 2.75) is 39.5 Å². The molecule has 1 aliphatic heterocycles. The molecule has 0 spiro atoms. The highest BCUT2D eigenvalue weighted by molar-refractivity contribution is 5.58. The maximum atomic E-state index is 10.9. The summed E-state index contributed by atoms with van der Waals surface area (Å²) in [6.45, 7) is 7.48. The normalized spacial score (nSPS) is 23.8. The van der Waals surface area contributed by atoms with Gasteiger partial charge in [0.1, 0.15) is 6.29 Å². The van der Waals surface area contributed by atoms with E-state index in [0.717, 1.165) is 19.3 Å². The minimum atomic E-state index is -0.114. The van der Waals surface area contributed by atoms with Crippen LogP contribution < -0.4 is 0 Å². The van der Waals surface area contributed by atoms with Crippen LogP contribution in [0.2, 0.25) is 0 Å². The Morgan fingerprint density at radius 1 is 1.31 bits per heavy atom. The van der Waals surface area contributed by atoms with Crippen LogP contribution in [0, 0.1) is 5.41 Å². The molecule has 0 radical (unpaired) electrons. The third kappa shape index (κ3) is 3.11. The maximum absolute atomic E-state index is 10.9. The summed E-state index contributed by atoms with van der Waals surface area (Å²) in [5.41, 5.74) is -0.114. The summed E-state index contributed by atoms with van der Waals surface area (Å²) in [5.74, 6) is 0. The van der Waals surface area contributed by atoms with Gasteiger partial charge >= 0.3 is 0 Å². The van der Waals surface area contributed by atoms with Gasteiger partial charge in [0.05, 0.1) is 0 Å². The van der Waals surface area contributed by atoms with E-state index in [4.69, 9.17) is 0 Å². The fourth-order valence-electron chi connectivity index (χ4n) is 1.86. The summed E-state index contributed by atoms with van der Waals surface area (Å²) in [5, 5.41) is 0. The SMILES string of the molecule is CCC(C)(C=O)CN1CCCCC1. The lowest BCUT2D eigenvalue weighted by Gasteiger charge is -2.33. The van der Waals surface area contributed by atoms with E-state index >= 15 is 0 Å². The lowest BCUT2D eigenvalue weighted by atomic mass is 9.88. The Hall–Kier alpha value is -0.370. The number of likely N-dealkylation sites (tertiary alicyclic amines) is 1. The van der Waals surface area contributed by atoms with Crippen LogP contribution in [0.25, 0.3) is 0 Å². The third-order valence-electron chi connectivity index (χ3n) is 3.13. The molecule has 1 heterocycles. The number of nitrogens with zero attached hydrogens (tertiary/aromatic N) is 1. The highest BCUT2D eigenvalue weighted by atomic mass is 16.1. The van der Waals surface area contributed by atoms with Crippen LogP contribution in [-0.4, -0.2) is 30.8 Å². The van der Waals surface area contributed by atoms with Crippen molar-refractivity contribution in [3.05, 3.63) is 0 Å². The number of aldehydes is 1. The highest BCUT2D eigenvalue weighted by Crippen LogP contribution is 2.21. The smallest absolute Gasteiger partial charge is 0.127 e. The summed E-state index contributed by atoms with van der Waals surface area (Å²) in [4.78, 5) is 13.3. The van der Waals surface area contributed by atoms with Crippen LogP contribution in [0.15, 0.2) is 0 Å². The van der Waals surface area contributed by atoms with E-state index in [1.54, 1.807) is 0 Å². The number of rotatable bonds is 4. The van der Waals surface area contributed by atoms with Gasteiger partial charge in [-0.3, -0.25) is 0 Å². The van der Waals surface area contributed by atoms with Crippen LogP contribution >= 0.6 is 0 Å². The lowest BCUT2D eigenvalue weighted by molar-refractivity contribution is -0.116. The van der Waals surface area contributed by atoms with E-state index in [9.17, 15) is 4.79 Å². The number of carbonyl (C=O) groups is 1. The van der Waals surface area contributed by atoms with Crippen molar-refractivity contribution in [1.82, 2.24) is 4.90 Å². The van der Waals surface area contributed by atoms with Crippen LogP contribution in [0.4, 0.5) is 0 Å². The van der Waals surface area contributed by atoms with Gasteiger partial charge in [0.2, 0.25) is 0 Å². The number of hydrogen-bond donors (Lipinski definition) is 0. The monoisotopic (exact) mass is 183 g/mol. The van der Waals surface area contributed by atoms with Gasteiger partial charge in [-0.1, -0.05) is 20.3 Å². The van der Waals surface area contributed by atoms with Crippen molar-refractivity contribution in [3.63, 3.8) is 0 Å². The van der Waals surface area contributed by atoms with Gasteiger partial charge in [0, 0.05) is 12.0 Å². The summed E-state index contributed by atoms with van der Waals surface area (Å²) in [6, 6.07) is 0. The maximum Gasteiger partial charge on any atom is 0.127 e. The molecule has 0 bridgehead atoms. The van der Waals surface area contributed by atoms with Crippen LogP contribution in [0.3, 0.4) is 0 Å². The molecule has 0 saturated carbocycles. The first-order valence-corrected chi connectivity index (χ1v) is 5.39. The Morgan fingerprint density at radius 2 is 1.92 bits per heavy atom. The molecule has 1 fully saturated rings. The Balaban J connectivity index is 2.40. The Bertz CT molecular complexity index is 163. The number of hydrogen-bond acceptors (Lipinski definition) is 2. The van der Waals surface area contributed by atoms with Gasteiger partial charge in [-0.15, -0.1) is 0 Å². The zero-order chi connectivity index (χ0) is 9.73. The van der Waals surface area contributed by atoms with E-state index in [-0.39, 0.29) is 5.41 Å². The molecular formula is C11H21NO. The average Bonchev–Trinajstić information content (AvgIpc) is 2.19. The van der Waals surface area contributed by atoms with Gasteiger partial charge in [-0.05, 0) is 32.4 Å². The van der Waals surface area contributed by atoms with Gasteiger partial charge in [-0.2, -0.15) is 0 Å². The Kier molecular flexibility index (Phi) is 3.91. The van der Waals surface area contributed by atoms with Crippen LogP contribution in [0.5, 0.6) is 0 Å². The van der Waals surface area contributed by atoms with E-state index in [1.165, 1.54) is 32.4 Å². The van der Waals surface area contributed by atoms with Crippen molar-refractivity contribution in [3.8, 4) is 0 Å². The minimum absolute atomic E-state index is 0.114. The lowest BCUT2D eigenvalue weighted by Crippen LogP contribution is -2.39. The fraction of sp³-hybridized carbons (Fsp3) is 0.909. The first kappa shape index (κ1) is 10.7. The van der Waals surface area contributed by atoms with Crippen LogP contribution in [0.1, 0.15) is 39.5 Å². The molecule has 76 valence electrons. The van der Waals surface area contributed by atoms with Gasteiger partial charge in [0.15, 0.2) is 0 Å². The van der Waals surface area contributed by atoms with Crippen molar-refractivity contribution in [1.29, 1.82) is 0 Å². The Labute approximate surface area is 81.3 Å². The topological polar surface area (TPSA) is 20.3 Å². The van der Waals surface area contributed by atoms with Gasteiger partial charge in [-0.25, -0.2) is 0 Å². The van der Waals surface area contributed by atoms with E-state index in [2.05, 4.69) is 18.7 Å². The molecule has 0 aliphatic carbocycles. The van der Waals surface area contributed by atoms with Gasteiger partial charge < -0.3 is 9.69 Å². The largest absolute Gasteiger partial charge is 0.303 e. The summed E-state index contributed by atoms with van der Waals surface area (Å²) in [7, 11) is 0. The van der Waals surface area contributed by atoms with E-state index < -0.39 is 0 Å². The summed E-state index contributed by atoms with van der Waals surface area (Å²) >= 11 is 0. The molecule has 0 N–H and O–H groups in total. The van der Waals surface area contributed by atoms with Gasteiger partial charge in [0.25, 0.3) is 0 Å². The quantitative estimate of drug-likeness (QED) is 0.622. The predicted molar refractivity (Wildman–Crippen MR) is 54.8 cm³/mol. The molecule has 1 aliphatic rings. The van der Waals surface area contributed by atoms with Crippen molar-refractivity contribution in [2.24, 2.45) is 5.41 Å². The second-order valence-corrected chi connectivity index (χ2v) is 4.46. The Morgan fingerprint density at radius 3 is 2.38 bits per heavy atom. The molecule has 0 aromatic rings. The number of piperidine rings is 1. The molecule has 0 aromatic heterocycles. The van der Waals surface area contributed by atoms with E-state index in [1.807, 2.05) is 0 Å². The first-order valence-electron chi connectivity index (χ1n) is 5.39.